The fraction of sp³-hybridized carbons (Fsp3) is 1.00. The molecule has 0 saturated carbocycles. The molecule has 2 fully saturated rings. The van der Waals surface area contributed by atoms with Crippen LogP contribution in [0.5, 0.6) is 0 Å². The first-order chi connectivity index (χ1) is 9.82. The first-order valence-electron chi connectivity index (χ1n) is 6.82. The van der Waals surface area contributed by atoms with Crippen molar-refractivity contribution in [2.45, 2.75) is 61.4 Å². The second kappa shape index (κ2) is 6.41. The van der Waals surface area contributed by atoms with Gasteiger partial charge in [-0.15, -0.1) is 0 Å². The molecule has 0 aromatic heterocycles. The van der Waals surface area contributed by atoms with E-state index in [0.29, 0.717) is 0 Å². The van der Waals surface area contributed by atoms with E-state index in [1.54, 1.807) is 0 Å². The third-order valence-corrected chi connectivity index (χ3v) is 4.06. The molecule has 21 heavy (non-hydrogen) atoms. The Labute approximate surface area is 121 Å². The van der Waals surface area contributed by atoms with E-state index in [9.17, 15) is 25.5 Å². The standard InChI is InChI=1S/C12H22O9/c13-3-7-10(17)5(15)1-9(20-7)12(19)2-6(16)11(18)8(4-14)21-12/h5-11,13-19H,1-4H2/t5-,6-,7+,8+,9-,10-,11-,12+/m0/s1. The number of ether oxygens (including phenoxy) is 2. The van der Waals surface area contributed by atoms with Crippen LogP contribution in [-0.4, -0.2) is 97.5 Å². The maximum atomic E-state index is 10.5. The van der Waals surface area contributed by atoms with Crippen molar-refractivity contribution in [3.8, 4) is 0 Å². The zero-order valence-corrected chi connectivity index (χ0v) is 11.3. The molecule has 0 aromatic carbocycles. The Bertz CT molecular complexity index is 354. The van der Waals surface area contributed by atoms with Crippen LogP contribution in [-0.2, 0) is 9.47 Å². The van der Waals surface area contributed by atoms with Crippen LogP contribution in [0.15, 0.2) is 0 Å². The quantitative estimate of drug-likeness (QED) is 0.276. The third-order valence-electron chi connectivity index (χ3n) is 4.06. The molecule has 0 unspecified atom stereocenters. The van der Waals surface area contributed by atoms with Gasteiger partial charge in [0.15, 0.2) is 5.79 Å². The summed E-state index contributed by atoms with van der Waals surface area (Å²) in [5.41, 5.74) is 0. The molecule has 8 atom stereocenters. The lowest BCUT2D eigenvalue weighted by atomic mass is 9.87. The van der Waals surface area contributed by atoms with Crippen LogP contribution >= 0.6 is 0 Å². The van der Waals surface area contributed by atoms with Crippen LogP contribution in [0, 0.1) is 0 Å². The van der Waals surface area contributed by atoms with Gasteiger partial charge in [-0.1, -0.05) is 0 Å². The maximum absolute atomic E-state index is 10.5. The zero-order valence-electron chi connectivity index (χ0n) is 11.3. The SMILES string of the molecule is OC[C@H]1O[C@H]([C@@]2(O)C[C@H](O)[C@H](O)[C@@H](CO)O2)C[C@H](O)[C@@H]1O. The zero-order chi connectivity index (χ0) is 15.8. The fourth-order valence-corrected chi connectivity index (χ4v) is 2.80. The van der Waals surface area contributed by atoms with Crippen molar-refractivity contribution in [2.24, 2.45) is 0 Å². The molecule has 7 N–H and O–H groups in total. The van der Waals surface area contributed by atoms with Crippen LogP contribution in [0.3, 0.4) is 0 Å². The van der Waals surface area contributed by atoms with Gasteiger partial charge in [-0.2, -0.15) is 0 Å². The summed E-state index contributed by atoms with van der Waals surface area (Å²) < 4.78 is 10.5. The Balaban J connectivity index is 2.15. The van der Waals surface area contributed by atoms with Gasteiger partial charge in [0.25, 0.3) is 0 Å². The van der Waals surface area contributed by atoms with Gasteiger partial charge in [-0.05, 0) is 0 Å². The first kappa shape index (κ1) is 17.0. The maximum Gasteiger partial charge on any atom is 0.195 e. The lowest BCUT2D eigenvalue weighted by molar-refractivity contribution is -0.360. The van der Waals surface area contributed by atoms with E-state index in [-0.39, 0.29) is 6.42 Å². The molecule has 2 rings (SSSR count). The number of hydrogen-bond acceptors (Lipinski definition) is 9. The molecule has 0 bridgehead atoms. The van der Waals surface area contributed by atoms with Crippen molar-refractivity contribution >= 4 is 0 Å². The van der Waals surface area contributed by atoms with Crippen molar-refractivity contribution in [1.82, 2.24) is 0 Å². The predicted octanol–water partition coefficient (Wildman–Crippen LogP) is -3.95. The van der Waals surface area contributed by atoms with Gasteiger partial charge in [0.05, 0.1) is 25.4 Å². The summed E-state index contributed by atoms with van der Waals surface area (Å²) in [6.45, 7) is -1.19. The monoisotopic (exact) mass is 310 g/mol. The van der Waals surface area contributed by atoms with Gasteiger partial charge in [0.1, 0.15) is 30.5 Å². The molecular weight excluding hydrogens is 288 g/mol. The predicted molar refractivity (Wildman–Crippen MR) is 65.9 cm³/mol. The highest BCUT2D eigenvalue weighted by molar-refractivity contribution is 4.97. The minimum atomic E-state index is -2.05. The molecule has 0 radical (unpaired) electrons. The Hall–Kier alpha value is -0.360. The van der Waals surface area contributed by atoms with Crippen LogP contribution < -0.4 is 0 Å². The van der Waals surface area contributed by atoms with E-state index in [2.05, 4.69) is 0 Å². The van der Waals surface area contributed by atoms with Crippen molar-refractivity contribution in [3.05, 3.63) is 0 Å². The summed E-state index contributed by atoms with van der Waals surface area (Å²) in [4.78, 5) is 0. The molecular formula is C12H22O9. The minimum absolute atomic E-state index is 0.185. The molecule has 0 amide bonds. The van der Waals surface area contributed by atoms with Crippen molar-refractivity contribution in [3.63, 3.8) is 0 Å². The van der Waals surface area contributed by atoms with Crippen molar-refractivity contribution < 1.29 is 45.2 Å². The second-order valence-corrected chi connectivity index (χ2v) is 5.59. The molecule has 2 aliphatic rings. The van der Waals surface area contributed by atoms with E-state index < -0.39 is 68.1 Å². The Morgan fingerprint density at radius 1 is 0.905 bits per heavy atom. The lowest BCUT2D eigenvalue weighted by Crippen LogP contribution is -2.64. The molecule has 2 heterocycles. The van der Waals surface area contributed by atoms with E-state index >= 15 is 0 Å². The molecule has 9 heteroatoms. The summed E-state index contributed by atoms with van der Waals surface area (Å²) in [5, 5.41) is 67.6. The van der Waals surface area contributed by atoms with E-state index in [0.717, 1.165) is 0 Å². The largest absolute Gasteiger partial charge is 0.394 e. The third kappa shape index (κ3) is 3.21. The highest BCUT2D eigenvalue weighted by Gasteiger charge is 2.53. The molecule has 0 spiro atoms. The van der Waals surface area contributed by atoms with Gasteiger partial charge in [-0.25, -0.2) is 0 Å². The molecule has 0 aromatic rings. The number of hydrogen-bond donors (Lipinski definition) is 7. The average molecular weight is 310 g/mol. The number of aliphatic hydroxyl groups excluding tert-OH is 6. The molecule has 9 nitrogen and oxygen atoms in total. The molecule has 124 valence electrons. The van der Waals surface area contributed by atoms with Crippen LogP contribution in [0.25, 0.3) is 0 Å². The van der Waals surface area contributed by atoms with Gasteiger partial charge in [-0.3, -0.25) is 0 Å². The normalized spacial score (nSPS) is 51.9. The Morgan fingerprint density at radius 2 is 1.48 bits per heavy atom. The molecule has 0 aliphatic carbocycles. The van der Waals surface area contributed by atoms with Crippen LogP contribution in [0.2, 0.25) is 0 Å². The van der Waals surface area contributed by atoms with E-state index in [1.165, 1.54) is 0 Å². The van der Waals surface area contributed by atoms with Gasteiger partial charge in [0.2, 0.25) is 0 Å². The van der Waals surface area contributed by atoms with E-state index in [1.807, 2.05) is 0 Å². The number of aliphatic hydroxyl groups is 7. The van der Waals surface area contributed by atoms with Crippen molar-refractivity contribution in [1.29, 1.82) is 0 Å². The summed E-state index contributed by atoms with van der Waals surface area (Å²) >= 11 is 0. The summed E-state index contributed by atoms with van der Waals surface area (Å²) in [5.74, 6) is -2.05. The van der Waals surface area contributed by atoms with Gasteiger partial charge in [0, 0.05) is 12.8 Å². The summed E-state index contributed by atoms with van der Waals surface area (Å²) in [6.07, 6.45) is -9.28. The summed E-state index contributed by atoms with van der Waals surface area (Å²) in [6, 6.07) is 0. The Kier molecular flexibility index (Phi) is 5.19. The average Bonchev–Trinajstić information content (AvgIpc) is 2.45. The Morgan fingerprint density at radius 3 is 2.05 bits per heavy atom. The summed E-state index contributed by atoms with van der Waals surface area (Å²) in [7, 11) is 0. The number of rotatable bonds is 3. The van der Waals surface area contributed by atoms with Crippen LogP contribution in [0.4, 0.5) is 0 Å². The fourth-order valence-electron chi connectivity index (χ4n) is 2.80. The molecule has 2 aliphatic heterocycles. The minimum Gasteiger partial charge on any atom is -0.394 e. The highest BCUT2D eigenvalue weighted by atomic mass is 16.7. The van der Waals surface area contributed by atoms with Gasteiger partial charge >= 0.3 is 0 Å². The van der Waals surface area contributed by atoms with E-state index in [4.69, 9.17) is 19.7 Å². The topological polar surface area (TPSA) is 160 Å². The highest BCUT2D eigenvalue weighted by Crippen LogP contribution is 2.36. The smallest absolute Gasteiger partial charge is 0.195 e. The first-order valence-corrected chi connectivity index (χ1v) is 6.82. The second-order valence-electron chi connectivity index (χ2n) is 5.59. The lowest BCUT2D eigenvalue weighted by Gasteiger charge is -2.48. The van der Waals surface area contributed by atoms with Gasteiger partial charge < -0.3 is 45.2 Å². The molecule has 2 saturated heterocycles. The van der Waals surface area contributed by atoms with Crippen molar-refractivity contribution in [2.75, 3.05) is 13.2 Å². The van der Waals surface area contributed by atoms with Crippen LogP contribution in [0.1, 0.15) is 12.8 Å².